The molecule has 1 saturated heterocycles. The van der Waals surface area contributed by atoms with Crippen LogP contribution in [0, 0.1) is 13.8 Å². The van der Waals surface area contributed by atoms with Gasteiger partial charge in [0, 0.05) is 16.7 Å². The molecule has 3 aromatic rings. The van der Waals surface area contributed by atoms with Gasteiger partial charge in [-0.1, -0.05) is 35.4 Å². The Balaban J connectivity index is 1.69. The number of carbonyl (C=O) groups excluding carboxylic acids is 2. The molecule has 0 bridgehead atoms. The molecule has 6 heteroatoms. The second kappa shape index (κ2) is 9.06. The molecule has 0 aliphatic carbocycles. The van der Waals surface area contributed by atoms with Crippen molar-refractivity contribution in [3.8, 4) is 5.75 Å². The van der Waals surface area contributed by atoms with Gasteiger partial charge in [-0.2, -0.15) is 0 Å². The van der Waals surface area contributed by atoms with Gasteiger partial charge in [-0.3, -0.25) is 9.59 Å². The van der Waals surface area contributed by atoms with E-state index in [0.717, 1.165) is 28.0 Å². The summed E-state index contributed by atoms with van der Waals surface area (Å²) in [5, 5.41) is 2.92. The fourth-order valence-electron chi connectivity index (χ4n) is 3.72. The highest BCUT2D eigenvalue weighted by atomic mass is 16.5. The van der Waals surface area contributed by atoms with Crippen LogP contribution in [0.1, 0.15) is 38.7 Å². The Labute approximate surface area is 187 Å². The van der Waals surface area contributed by atoms with Gasteiger partial charge < -0.3 is 10.1 Å². The van der Waals surface area contributed by atoms with Crippen molar-refractivity contribution in [1.29, 1.82) is 0 Å². The molecule has 6 nitrogen and oxygen atoms in total. The third-order valence-electron chi connectivity index (χ3n) is 5.56. The van der Waals surface area contributed by atoms with E-state index in [4.69, 9.17) is 4.74 Å². The number of methoxy groups -OCH3 is 1. The van der Waals surface area contributed by atoms with Gasteiger partial charge in [0.1, 0.15) is 5.75 Å². The van der Waals surface area contributed by atoms with Crippen molar-refractivity contribution in [2.45, 2.75) is 25.9 Å². The topological polar surface area (TPSA) is 70.4 Å². The molecule has 0 spiro atoms. The number of carbonyl (C=O) groups is 2. The molecule has 2 N–H and O–H groups in total. The van der Waals surface area contributed by atoms with Gasteiger partial charge in [0.25, 0.3) is 5.91 Å². The average molecular weight is 429 g/mol. The first-order valence-electron chi connectivity index (χ1n) is 10.5. The third-order valence-corrected chi connectivity index (χ3v) is 5.56. The minimum atomic E-state index is -0.765. The molecule has 1 aliphatic rings. The molecule has 0 saturated carbocycles. The largest absolute Gasteiger partial charge is 0.497 e. The van der Waals surface area contributed by atoms with Gasteiger partial charge in [-0.05, 0) is 62.4 Å². The highest BCUT2D eigenvalue weighted by Crippen LogP contribution is 2.27. The summed E-state index contributed by atoms with van der Waals surface area (Å²) >= 11 is 0. The van der Waals surface area contributed by atoms with E-state index in [1.54, 1.807) is 23.9 Å². The summed E-state index contributed by atoms with van der Waals surface area (Å²) in [6, 6.07) is 21.6. The molecule has 1 fully saturated rings. The van der Waals surface area contributed by atoms with Gasteiger partial charge >= 0.3 is 5.91 Å². The van der Waals surface area contributed by atoms with Crippen LogP contribution in [-0.4, -0.2) is 35.9 Å². The maximum Gasteiger partial charge on any atom is 0.304 e. The highest BCUT2D eigenvalue weighted by molar-refractivity contribution is 5.98. The SMILES string of the molecule is COc1ccc([C@@H]2[C@@H](NC(=O)c3ccc(C)cc3)C(=O)N/[N+]2=C\c2ccc(C)cc2)cc1. The van der Waals surface area contributed by atoms with Crippen LogP contribution in [0.15, 0.2) is 72.8 Å². The molecular formula is C26H26N3O3+. The first kappa shape index (κ1) is 21.3. The summed E-state index contributed by atoms with van der Waals surface area (Å²) in [4.78, 5) is 25.8. The fraction of sp³-hybridized carbons (Fsp3) is 0.192. The Kier molecular flexibility index (Phi) is 6.03. The van der Waals surface area contributed by atoms with Gasteiger partial charge in [0.15, 0.2) is 6.04 Å². The maximum atomic E-state index is 12.9. The number of nitrogens with one attached hydrogen (secondary N) is 2. The lowest BCUT2D eigenvalue weighted by Gasteiger charge is -2.15. The van der Waals surface area contributed by atoms with E-state index in [0.29, 0.717) is 5.56 Å². The summed E-state index contributed by atoms with van der Waals surface area (Å²) < 4.78 is 7.03. The van der Waals surface area contributed by atoms with E-state index in [1.807, 2.05) is 80.7 Å². The number of rotatable bonds is 5. The molecule has 2 atom stereocenters. The normalized spacial score (nSPS) is 19.0. The summed E-state index contributed by atoms with van der Waals surface area (Å²) in [5.41, 5.74) is 7.46. The molecule has 0 aromatic heterocycles. The second-order valence-corrected chi connectivity index (χ2v) is 7.96. The number of ether oxygens (including phenoxy) is 1. The molecule has 4 rings (SSSR count). The Bertz CT molecular complexity index is 1150. The molecule has 1 aliphatic heterocycles. The summed E-state index contributed by atoms with van der Waals surface area (Å²) in [5.74, 6) is 0.163. The van der Waals surface area contributed by atoms with Crippen molar-refractivity contribution in [2.75, 3.05) is 7.11 Å². The first-order valence-corrected chi connectivity index (χ1v) is 10.5. The van der Waals surface area contributed by atoms with Crippen LogP contribution in [0.3, 0.4) is 0 Å². The van der Waals surface area contributed by atoms with Crippen molar-refractivity contribution in [3.63, 3.8) is 0 Å². The van der Waals surface area contributed by atoms with Crippen LogP contribution in [0.25, 0.3) is 0 Å². The highest BCUT2D eigenvalue weighted by Gasteiger charge is 2.47. The predicted molar refractivity (Wildman–Crippen MR) is 123 cm³/mol. The summed E-state index contributed by atoms with van der Waals surface area (Å²) in [6.45, 7) is 3.99. The van der Waals surface area contributed by atoms with Crippen LogP contribution in [-0.2, 0) is 4.79 Å². The third kappa shape index (κ3) is 4.54. The van der Waals surface area contributed by atoms with Crippen LogP contribution < -0.4 is 15.5 Å². The number of hydrazine groups is 1. The smallest absolute Gasteiger partial charge is 0.304 e. The molecule has 2 amide bonds. The zero-order valence-electron chi connectivity index (χ0n) is 18.3. The quantitative estimate of drug-likeness (QED) is 0.613. The van der Waals surface area contributed by atoms with Gasteiger partial charge in [0.2, 0.25) is 12.3 Å². The Hall–Kier alpha value is -3.93. The van der Waals surface area contributed by atoms with Crippen LogP contribution in [0.5, 0.6) is 5.75 Å². The number of hydrogen-bond donors (Lipinski definition) is 2. The lowest BCUT2D eigenvalue weighted by Crippen LogP contribution is -2.42. The molecule has 1 heterocycles. The van der Waals surface area contributed by atoms with E-state index in [2.05, 4.69) is 10.7 Å². The van der Waals surface area contributed by atoms with Crippen molar-refractivity contribution in [3.05, 3.63) is 101 Å². The molecule has 0 radical (unpaired) electrons. The number of hydrogen-bond acceptors (Lipinski definition) is 3. The second-order valence-electron chi connectivity index (χ2n) is 7.96. The van der Waals surface area contributed by atoms with Crippen LogP contribution >= 0.6 is 0 Å². The first-order chi connectivity index (χ1) is 15.4. The zero-order chi connectivity index (χ0) is 22.7. The van der Waals surface area contributed by atoms with Crippen molar-refractivity contribution >= 4 is 18.0 Å². The van der Waals surface area contributed by atoms with Crippen molar-refractivity contribution in [1.82, 2.24) is 10.7 Å². The number of nitrogens with zero attached hydrogens (tertiary/aromatic N) is 1. The van der Waals surface area contributed by atoms with E-state index in [-0.39, 0.29) is 11.8 Å². The number of benzene rings is 3. The molecule has 0 unspecified atom stereocenters. The van der Waals surface area contributed by atoms with Gasteiger partial charge in [-0.15, -0.1) is 10.1 Å². The minimum absolute atomic E-state index is 0.269. The molecule has 32 heavy (non-hydrogen) atoms. The maximum absolute atomic E-state index is 12.9. The van der Waals surface area contributed by atoms with E-state index < -0.39 is 12.1 Å². The Morgan fingerprint density at radius 2 is 1.53 bits per heavy atom. The van der Waals surface area contributed by atoms with Crippen molar-refractivity contribution in [2.24, 2.45) is 0 Å². The average Bonchev–Trinajstić information content (AvgIpc) is 3.10. The van der Waals surface area contributed by atoms with Crippen LogP contribution in [0.4, 0.5) is 0 Å². The minimum Gasteiger partial charge on any atom is -0.497 e. The lowest BCUT2D eigenvalue weighted by molar-refractivity contribution is -0.596. The number of amides is 2. The molecule has 3 aromatic carbocycles. The fourth-order valence-corrected chi connectivity index (χ4v) is 3.72. The van der Waals surface area contributed by atoms with Crippen LogP contribution in [0.2, 0.25) is 0 Å². The number of hydrazone groups is 1. The van der Waals surface area contributed by atoms with Gasteiger partial charge in [0.05, 0.1) is 7.11 Å². The predicted octanol–water partition coefficient (Wildman–Crippen LogP) is 3.33. The van der Waals surface area contributed by atoms with Gasteiger partial charge in [-0.25, -0.2) is 0 Å². The van der Waals surface area contributed by atoms with E-state index >= 15 is 0 Å². The monoisotopic (exact) mass is 428 g/mol. The summed E-state index contributed by atoms with van der Waals surface area (Å²) in [7, 11) is 1.61. The number of aryl methyl sites for hydroxylation is 2. The van der Waals surface area contributed by atoms with E-state index in [1.165, 1.54) is 0 Å². The standard InChI is InChI=1S/C26H25N3O3/c1-17-4-8-19(9-5-17)16-29-24(20-12-14-22(32-3)15-13-20)23(26(31)28-29)27-25(30)21-10-6-18(2)7-11-21/h4-16,23-24H,1-3H3,(H-,27,28,30,31)/p+1/b29-16-/t23-,24-/m1/s1. The molecule has 162 valence electrons. The van der Waals surface area contributed by atoms with Crippen molar-refractivity contribution < 1.29 is 19.0 Å². The lowest BCUT2D eigenvalue weighted by atomic mass is 9.99. The Morgan fingerprint density at radius 1 is 0.938 bits per heavy atom. The summed E-state index contributed by atoms with van der Waals surface area (Å²) in [6.07, 6.45) is 1.88. The Morgan fingerprint density at radius 3 is 2.12 bits per heavy atom. The molecular weight excluding hydrogens is 402 g/mol. The van der Waals surface area contributed by atoms with E-state index in [9.17, 15) is 9.59 Å². The zero-order valence-corrected chi connectivity index (χ0v) is 18.3.